The van der Waals surface area contributed by atoms with E-state index in [1.165, 1.54) is 4.88 Å². The van der Waals surface area contributed by atoms with Gasteiger partial charge in [-0.2, -0.15) is 0 Å². The number of benzene rings is 1. The first-order chi connectivity index (χ1) is 7.79. The molecule has 0 unspecified atom stereocenters. The van der Waals surface area contributed by atoms with Crippen molar-refractivity contribution in [3.8, 4) is 5.75 Å². The topological polar surface area (TPSA) is 35.2 Å². The molecule has 0 radical (unpaired) electrons. The Morgan fingerprint density at radius 1 is 1.31 bits per heavy atom. The summed E-state index contributed by atoms with van der Waals surface area (Å²) < 4.78 is 6.71. The third-order valence-electron chi connectivity index (χ3n) is 2.20. The number of ether oxygens (including phenoxy) is 1. The van der Waals surface area contributed by atoms with E-state index in [1.807, 2.05) is 29.6 Å². The molecule has 0 saturated heterocycles. The Labute approximate surface area is 107 Å². The minimum Gasteiger partial charge on any atom is -0.488 e. The van der Waals surface area contributed by atoms with Crippen LogP contribution in [0.25, 0.3) is 0 Å². The van der Waals surface area contributed by atoms with E-state index in [0.29, 0.717) is 13.2 Å². The van der Waals surface area contributed by atoms with Crippen LogP contribution in [0.2, 0.25) is 0 Å². The van der Waals surface area contributed by atoms with Crippen molar-refractivity contribution in [3.05, 3.63) is 50.6 Å². The van der Waals surface area contributed by atoms with Crippen LogP contribution in [0.5, 0.6) is 5.75 Å². The number of halogens is 1. The molecule has 2 N–H and O–H groups in total. The van der Waals surface area contributed by atoms with Crippen LogP contribution in [0.1, 0.15) is 10.4 Å². The maximum Gasteiger partial charge on any atom is 0.122 e. The second kappa shape index (κ2) is 5.48. The summed E-state index contributed by atoms with van der Waals surface area (Å²) in [5, 5.41) is 2.05. The molecule has 1 aromatic carbocycles. The van der Waals surface area contributed by atoms with Crippen molar-refractivity contribution < 1.29 is 4.74 Å². The maximum absolute atomic E-state index is 5.68. The average molecular weight is 298 g/mol. The fourth-order valence-electron chi connectivity index (χ4n) is 1.35. The molecule has 2 nitrogen and oxygen atoms in total. The van der Waals surface area contributed by atoms with Gasteiger partial charge in [0.15, 0.2) is 0 Å². The Morgan fingerprint density at radius 2 is 2.19 bits per heavy atom. The zero-order valence-corrected chi connectivity index (χ0v) is 11.1. The van der Waals surface area contributed by atoms with Gasteiger partial charge in [0.1, 0.15) is 12.4 Å². The van der Waals surface area contributed by atoms with Gasteiger partial charge in [-0.1, -0.05) is 22.0 Å². The number of hydrogen-bond donors (Lipinski definition) is 1. The minimum absolute atomic E-state index is 0.511. The average Bonchev–Trinajstić information content (AvgIpc) is 2.81. The summed E-state index contributed by atoms with van der Waals surface area (Å²) in [6, 6.07) is 9.96. The molecule has 4 heteroatoms. The number of thiophene rings is 1. The Kier molecular flexibility index (Phi) is 3.98. The van der Waals surface area contributed by atoms with Crippen molar-refractivity contribution in [2.75, 3.05) is 0 Å². The molecule has 0 atom stereocenters. The van der Waals surface area contributed by atoms with Crippen molar-refractivity contribution in [1.82, 2.24) is 0 Å². The van der Waals surface area contributed by atoms with Crippen LogP contribution in [0.15, 0.2) is 40.2 Å². The van der Waals surface area contributed by atoms with Crippen molar-refractivity contribution in [2.45, 2.75) is 13.2 Å². The van der Waals surface area contributed by atoms with E-state index >= 15 is 0 Å². The van der Waals surface area contributed by atoms with Gasteiger partial charge in [-0.3, -0.25) is 0 Å². The van der Waals surface area contributed by atoms with Gasteiger partial charge < -0.3 is 10.5 Å². The van der Waals surface area contributed by atoms with Gasteiger partial charge in [0.2, 0.25) is 0 Å². The second-order valence-electron chi connectivity index (χ2n) is 3.33. The molecule has 1 heterocycles. The first kappa shape index (κ1) is 11.6. The van der Waals surface area contributed by atoms with Gasteiger partial charge >= 0.3 is 0 Å². The van der Waals surface area contributed by atoms with E-state index in [9.17, 15) is 0 Å². The molecular weight excluding hydrogens is 286 g/mol. The van der Waals surface area contributed by atoms with Gasteiger partial charge in [0, 0.05) is 15.9 Å². The normalized spacial score (nSPS) is 10.4. The van der Waals surface area contributed by atoms with E-state index in [2.05, 4.69) is 22.0 Å². The third kappa shape index (κ3) is 2.84. The quantitative estimate of drug-likeness (QED) is 0.937. The molecule has 0 fully saturated rings. The highest BCUT2D eigenvalue weighted by Crippen LogP contribution is 2.23. The summed E-state index contributed by atoms with van der Waals surface area (Å²) in [5.41, 5.74) is 6.69. The molecule has 16 heavy (non-hydrogen) atoms. The van der Waals surface area contributed by atoms with Crippen molar-refractivity contribution in [2.24, 2.45) is 5.73 Å². The van der Waals surface area contributed by atoms with Crippen LogP contribution in [0, 0.1) is 0 Å². The Bertz CT molecular complexity index is 456. The summed E-state index contributed by atoms with van der Waals surface area (Å²) in [5.74, 6) is 0.858. The molecule has 1 aromatic heterocycles. The first-order valence-electron chi connectivity index (χ1n) is 4.93. The number of rotatable bonds is 4. The van der Waals surface area contributed by atoms with Crippen LogP contribution in [0.4, 0.5) is 0 Å². The van der Waals surface area contributed by atoms with Crippen molar-refractivity contribution in [3.63, 3.8) is 0 Å². The second-order valence-corrected chi connectivity index (χ2v) is 5.21. The highest BCUT2D eigenvalue weighted by atomic mass is 79.9. The smallest absolute Gasteiger partial charge is 0.122 e. The van der Waals surface area contributed by atoms with E-state index in [-0.39, 0.29) is 0 Å². The molecule has 0 amide bonds. The lowest BCUT2D eigenvalue weighted by Crippen LogP contribution is -1.99. The van der Waals surface area contributed by atoms with E-state index in [4.69, 9.17) is 10.5 Å². The summed E-state index contributed by atoms with van der Waals surface area (Å²) in [7, 11) is 0. The fourth-order valence-corrected chi connectivity index (χ4v) is 2.37. The molecule has 2 rings (SSSR count). The summed E-state index contributed by atoms with van der Waals surface area (Å²) in [4.78, 5) is 1.22. The summed E-state index contributed by atoms with van der Waals surface area (Å²) in [6.07, 6.45) is 0. The predicted molar refractivity (Wildman–Crippen MR) is 70.7 cm³/mol. The van der Waals surface area contributed by atoms with Crippen LogP contribution in [-0.4, -0.2) is 0 Å². The molecule has 2 aromatic rings. The van der Waals surface area contributed by atoms with Crippen LogP contribution in [0.3, 0.4) is 0 Å². The lowest BCUT2D eigenvalue weighted by atomic mass is 10.2. The van der Waals surface area contributed by atoms with Gasteiger partial charge in [-0.25, -0.2) is 0 Å². The van der Waals surface area contributed by atoms with Crippen molar-refractivity contribution in [1.29, 1.82) is 0 Å². The van der Waals surface area contributed by atoms with E-state index < -0.39 is 0 Å². The summed E-state index contributed by atoms with van der Waals surface area (Å²) in [6.45, 7) is 1.13. The molecule has 0 aliphatic rings. The van der Waals surface area contributed by atoms with Crippen molar-refractivity contribution >= 4 is 27.3 Å². The van der Waals surface area contributed by atoms with Gasteiger partial charge in [-0.05, 0) is 35.2 Å². The first-order valence-corrected chi connectivity index (χ1v) is 6.60. The Balaban J connectivity index is 2.04. The maximum atomic E-state index is 5.68. The van der Waals surface area contributed by atoms with E-state index in [1.54, 1.807) is 11.3 Å². The Morgan fingerprint density at radius 3 is 2.88 bits per heavy atom. The zero-order valence-electron chi connectivity index (χ0n) is 8.65. The highest BCUT2D eigenvalue weighted by molar-refractivity contribution is 9.10. The molecule has 0 aliphatic heterocycles. The Hall–Kier alpha value is -0.840. The van der Waals surface area contributed by atoms with E-state index in [0.717, 1.165) is 15.8 Å². The molecule has 84 valence electrons. The molecule has 0 spiro atoms. The van der Waals surface area contributed by atoms with Gasteiger partial charge in [-0.15, -0.1) is 11.3 Å². The van der Waals surface area contributed by atoms with Crippen LogP contribution >= 0.6 is 27.3 Å². The number of hydrogen-bond acceptors (Lipinski definition) is 3. The van der Waals surface area contributed by atoms with Gasteiger partial charge in [0.05, 0.1) is 0 Å². The predicted octanol–water partition coefficient (Wildman–Crippen LogP) is 3.55. The monoisotopic (exact) mass is 297 g/mol. The standard InChI is InChI=1S/C12H12BrNOS/c13-12-4-3-10(6-9(12)7-14)15-8-11-2-1-5-16-11/h1-6H,7-8,14H2. The molecule has 0 saturated carbocycles. The third-order valence-corrected chi connectivity index (χ3v) is 3.82. The SMILES string of the molecule is NCc1cc(OCc2cccs2)ccc1Br. The fraction of sp³-hybridized carbons (Fsp3) is 0.167. The lowest BCUT2D eigenvalue weighted by Gasteiger charge is -2.07. The summed E-state index contributed by atoms with van der Waals surface area (Å²) >= 11 is 5.14. The zero-order chi connectivity index (χ0) is 11.4. The van der Waals surface area contributed by atoms with Crippen LogP contribution in [-0.2, 0) is 13.2 Å². The largest absolute Gasteiger partial charge is 0.488 e. The molecular formula is C12H12BrNOS. The van der Waals surface area contributed by atoms with Crippen LogP contribution < -0.4 is 10.5 Å². The lowest BCUT2D eigenvalue weighted by molar-refractivity contribution is 0.309. The molecule has 0 aliphatic carbocycles. The highest BCUT2D eigenvalue weighted by Gasteiger charge is 2.01. The van der Waals surface area contributed by atoms with Gasteiger partial charge in [0.25, 0.3) is 0 Å². The molecule has 0 bridgehead atoms. The minimum atomic E-state index is 0.511. The number of nitrogens with two attached hydrogens (primary N) is 1.